The zero-order valence-corrected chi connectivity index (χ0v) is 33.2. The number of aromatic nitrogens is 1. The molecule has 0 saturated heterocycles. The SMILES string of the molecule is c1ccc(-c2ccc(N(c3cccc(-c4ccccc4)c3)c3cc(-c4cccc5c4c4ccccc4n5-c4ccccc4)c4c(c3)oc3ccc5ccccc5c34)cc2)cc1. The van der Waals surface area contributed by atoms with Gasteiger partial charge in [-0.25, -0.2) is 0 Å². The third-order valence-corrected chi connectivity index (χ3v) is 12.2. The van der Waals surface area contributed by atoms with Gasteiger partial charge in [0.2, 0.25) is 0 Å². The molecular formula is C58H38N2O. The zero-order valence-electron chi connectivity index (χ0n) is 33.2. The zero-order chi connectivity index (χ0) is 40.3. The molecule has 12 rings (SSSR count). The van der Waals surface area contributed by atoms with Crippen molar-refractivity contribution in [1.82, 2.24) is 4.57 Å². The molecule has 286 valence electrons. The summed E-state index contributed by atoms with van der Waals surface area (Å²) in [4.78, 5) is 2.38. The first-order valence-electron chi connectivity index (χ1n) is 20.8. The molecule has 2 heterocycles. The maximum absolute atomic E-state index is 7.00. The average molecular weight is 779 g/mol. The highest BCUT2D eigenvalue weighted by Crippen LogP contribution is 2.48. The van der Waals surface area contributed by atoms with Gasteiger partial charge < -0.3 is 13.9 Å². The molecule has 0 saturated carbocycles. The lowest BCUT2D eigenvalue weighted by molar-refractivity contribution is 0.669. The molecule has 3 nitrogen and oxygen atoms in total. The van der Waals surface area contributed by atoms with Crippen LogP contribution in [0.4, 0.5) is 17.1 Å². The van der Waals surface area contributed by atoms with Crippen LogP contribution in [0, 0.1) is 0 Å². The molecular weight excluding hydrogens is 741 g/mol. The number of nitrogens with zero attached hydrogens (tertiary/aromatic N) is 2. The van der Waals surface area contributed by atoms with Gasteiger partial charge in [-0.1, -0.05) is 164 Å². The number of hydrogen-bond acceptors (Lipinski definition) is 2. The Morgan fingerprint density at radius 2 is 0.951 bits per heavy atom. The van der Waals surface area contributed by atoms with Gasteiger partial charge in [-0.15, -0.1) is 0 Å². The standard InChI is InChI=1S/C58H38N2O/c1-4-16-39(17-5-1)41-30-33-45(34-31-41)59(46-24-14-21-43(36-46)40-18-6-2-7-19-40)47-37-51(58-55(38-47)61-54-35-32-42-20-10-11-25-48(42)57(54)58)49-27-15-29-53-56(49)50-26-12-13-28-52(50)60(53)44-22-8-3-9-23-44/h1-38H. The second-order valence-corrected chi connectivity index (χ2v) is 15.7. The van der Waals surface area contributed by atoms with Crippen molar-refractivity contribution in [1.29, 1.82) is 0 Å². The highest BCUT2D eigenvalue weighted by Gasteiger charge is 2.24. The molecule has 0 spiro atoms. The fourth-order valence-electron chi connectivity index (χ4n) is 9.43. The Labute approximate surface area is 353 Å². The van der Waals surface area contributed by atoms with Crippen LogP contribution in [0.25, 0.3) is 93.6 Å². The first-order chi connectivity index (χ1) is 30.3. The summed E-state index contributed by atoms with van der Waals surface area (Å²) in [5.74, 6) is 0. The Balaban J connectivity index is 1.17. The van der Waals surface area contributed by atoms with Gasteiger partial charge in [0.1, 0.15) is 11.2 Å². The lowest BCUT2D eigenvalue weighted by atomic mass is 9.93. The van der Waals surface area contributed by atoms with Crippen LogP contribution in [0.15, 0.2) is 235 Å². The van der Waals surface area contributed by atoms with Crippen molar-refractivity contribution in [3.63, 3.8) is 0 Å². The topological polar surface area (TPSA) is 21.3 Å². The summed E-state index contributed by atoms with van der Waals surface area (Å²) in [5.41, 5.74) is 15.2. The quantitative estimate of drug-likeness (QED) is 0.161. The molecule has 61 heavy (non-hydrogen) atoms. The van der Waals surface area contributed by atoms with E-state index in [1.165, 1.54) is 43.8 Å². The molecule has 0 radical (unpaired) electrons. The molecule has 2 aromatic heterocycles. The van der Waals surface area contributed by atoms with E-state index in [2.05, 4.69) is 240 Å². The van der Waals surface area contributed by atoms with E-state index in [0.717, 1.165) is 66.9 Å². The minimum Gasteiger partial charge on any atom is -0.456 e. The van der Waals surface area contributed by atoms with Crippen molar-refractivity contribution in [2.45, 2.75) is 0 Å². The van der Waals surface area contributed by atoms with Crippen LogP contribution in [0.2, 0.25) is 0 Å². The van der Waals surface area contributed by atoms with Gasteiger partial charge in [0.15, 0.2) is 0 Å². The second kappa shape index (κ2) is 14.3. The molecule has 10 aromatic carbocycles. The highest BCUT2D eigenvalue weighted by atomic mass is 16.3. The Morgan fingerprint density at radius 1 is 0.328 bits per heavy atom. The van der Waals surface area contributed by atoms with Crippen LogP contribution in [0.5, 0.6) is 0 Å². The molecule has 0 unspecified atom stereocenters. The van der Waals surface area contributed by atoms with Crippen molar-refractivity contribution < 1.29 is 4.42 Å². The molecule has 12 aromatic rings. The number of para-hydroxylation sites is 2. The summed E-state index contributed by atoms with van der Waals surface area (Å²) in [5, 5.41) is 7.01. The van der Waals surface area contributed by atoms with Crippen molar-refractivity contribution in [3.05, 3.63) is 231 Å². The van der Waals surface area contributed by atoms with E-state index in [4.69, 9.17) is 4.42 Å². The van der Waals surface area contributed by atoms with Gasteiger partial charge in [0.05, 0.1) is 16.7 Å². The van der Waals surface area contributed by atoms with Crippen LogP contribution in [-0.4, -0.2) is 4.57 Å². The summed E-state index contributed by atoms with van der Waals surface area (Å²) in [6, 6.07) is 82.8. The van der Waals surface area contributed by atoms with E-state index in [-0.39, 0.29) is 0 Å². The Bertz CT molecular complexity index is 3570. The number of furan rings is 1. The van der Waals surface area contributed by atoms with Crippen LogP contribution < -0.4 is 4.90 Å². The molecule has 3 heteroatoms. The van der Waals surface area contributed by atoms with Crippen molar-refractivity contribution in [2.75, 3.05) is 4.90 Å². The van der Waals surface area contributed by atoms with Crippen LogP contribution >= 0.6 is 0 Å². The molecule has 0 aliphatic rings. The Morgan fingerprint density at radius 3 is 1.74 bits per heavy atom. The van der Waals surface area contributed by atoms with Gasteiger partial charge in [-0.3, -0.25) is 0 Å². The van der Waals surface area contributed by atoms with E-state index in [1.54, 1.807) is 0 Å². The van der Waals surface area contributed by atoms with Gasteiger partial charge in [0.25, 0.3) is 0 Å². The Hall–Kier alpha value is -8.14. The van der Waals surface area contributed by atoms with Gasteiger partial charge >= 0.3 is 0 Å². The summed E-state index contributed by atoms with van der Waals surface area (Å²) in [6.07, 6.45) is 0. The third-order valence-electron chi connectivity index (χ3n) is 12.2. The maximum atomic E-state index is 7.00. The number of hydrogen-bond donors (Lipinski definition) is 0. The first-order valence-corrected chi connectivity index (χ1v) is 20.8. The van der Waals surface area contributed by atoms with Crippen LogP contribution in [0.1, 0.15) is 0 Å². The average Bonchev–Trinajstić information content (AvgIpc) is 3.89. The summed E-state index contributed by atoms with van der Waals surface area (Å²) in [7, 11) is 0. The largest absolute Gasteiger partial charge is 0.456 e. The molecule has 0 N–H and O–H groups in total. The smallest absolute Gasteiger partial charge is 0.138 e. The number of fused-ring (bicyclic) bond motifs is 8. The highest BCUT2D eigenvalue weighted by molar-refractivity contribution is 6.26. The molecule has 0 bridgehead atoms. The maximum Gasteiger partial charge on any atom is 0.138 e. The molecule has 0 aliphatic heterocycles. The predicted octanol–water partition coefficient (Wildman–Crippen LogP) is 16.3. The minimum absolute atomic E-state index is 0.841. The number of rotatable bonds is 7. The lowest BCUT2D eigenvalue weighted by Gasteiger charge is -2.27. The normalized spacial score (nSPS) is 11.6. The third kappa shape index (κ3) is 5.82. The van der Waals surface area contributed by atoms with Gasteiger partial charge in [0, 0.05) is 44.7 Å². The second-order valence-electron chi connectivity index (χ2n) is 15.7. The first kappa shape index (κ1) is 34.9. The fourth-order valence-corrected chi connectivity index (χ4v) is 9.43. The van der Waals surface area contributed by atoms with Crippen molar-refractivity contribution >= 4 is 71.6 Å². The molecule has 0 fully saturated rings. The van der Waals surface area contributed by atoms with E-state index in [0.29, 0.717) is 0 Å². The Kier molecular flexibility index (Phi) is 8.17. The van der Waals surface area contributed by atoms with Gasteiger partial charge in [-0.2, -0.15) is 0 Å². The monoisotopic (exact) mass is 778 g/mol. The van der Waals surface area contributed by atoms with Crippen molar-refractivity contribution in [3.8, 4) is 39.1 Å². The van der Waals surface area contributed by atoms with Crippen LogP contribution in [-0.2, 0) is 0 Å². The van der Waals surface area contributed by atoms with E-state index in [9.17, 15) is 0 Å². The minimum atomic E-state index is 0.841. The molecule has 0 aliphatic carbocycles. The van der Waals surface area contributed by atoms with Gasteiger partial charge in [-0.05, 0) is 105 Å². The number of benzene rings is 10. The predicted molar refractivity (Wildman–Crippen MR) is 257 cm³/mol. The summed E-state index contributed by atoms with van der Waals surface area (Å²) in [6.45, 7) is 0. The molecule has 0 atom stereocenters. The van der Waals surface area contributed by atoms with Crippen molar-refractivity contribution in [2.24, 2.45) is 0 Å². The number of anilines is 3. The van der Waals surface area contributed by atoms with E-state index < -0.39 is 0 Å². The van der Waals surface area contributed by atoms with Crippen LogP contribution in [0.3, 0.4) is 0 Å². The lowest BCUT2D eigenvalue weighted by Crippen LogP contribution is -2.10. The summed E-state index contributed by atoms with van der Waals surface area (Å²) < 4.78 is 9.39. The molecule has 0 amide bonds. The summed E-state index contributed by atoms with van der Waals surface area (Å²) >= 11 is 0. The van der Waals surface area contributed by atoms with E-state index >= 15 is 0 Å². The van der Waals surface area contributed by atoms with E-state index in [1.807, 2.05) is 0 Å². The fraction of sp³-hybridized carbons (Fsp3) is 0.